The normalized spacial score (nSPS) is 17.0. The van der Waals surface area contributed by atoms with Crippen molar-refractivity contribution in [2.24, 2.45) is 5.92 Å². The van der Waals surface area contributed by atoms with E-state index in [4.69, 9.17) is 0 Å². The summed E-state index contributed by atoms with van der Waals surface area (Å²) < 4.78 is 27.1. The van der Waals surface area contributed by atoms with E-state index in [1.165, 1.54) is 24.6 Å². The van der Waals surface area contributed by atoms with Gasteiger partial charge in [-0.3, -0.25) is 9.59 Å². The number of halogens is 2. The molecule has 0 radical (unpaired) electrons. The summed E-state index contributed by atoms with van der Waals surface area (Å²) in [4.78, 5) is 31.4. The van der Waals surface area contributed by atoms with Crippen LogP contribution in [0, 0.1) is 17.6 Å². The molecule has 0 saturated carbocycles. The highest BCUT2D eigenvalue weighted by Crippen LogP contribution is 2.27. The SMILES string of the molecule is CN(Cc1ccccc1N1CCCC1)C(=O)C1CCN(C(=O)c2ccc(F)cc2F)CC1. The summed E-state index contributed by atoms with van der Waals surface area (Å²) in [5, 5.41) is 0. The molecule has 4 rings (SSSR count). The molecule has 0 aromatic heterocycles. The zero-order valence-corrected chi connectivity index (χ0v) is 18.4. The maximum atomic E-state index is 14.0. The Hall–Kier alpha value is -2.96. The number of rotatable bonds is 5. The molecule has 2 aromatic rings. The first-order valence-corrected chi connectivity index (χ1v) is 11.3. The maximum Gasteiger partial charge on any atom is 0.256 e. The number of nitrogens with zero attached hydrogens (tertiary/aromatic N) is 3. The lowest BCUT2D eigenvalue weighted by Crippen LogP contribution is -2.43. The minimum atomic E-state index is -0.857. The van der Waals surface area contributed by atoms with E-state index in [1.807, 2.05) is 19.2 Å². The van der Waals surface area contributed by atoms with Crippen LogP contribution < -0.4 is 4.90 Å². The van der Waals surface area contributed by atoms with Crippen molar-refractivity contribution in [2.45, 2.75) is 32.2 Å². The van der Waals surface area contributed by atoms with Crippen LogP contribution in [0.5, 0.6) is 0 Å². The molecule has 0 N–H and O–H groups in total. The molecule has 2 aliphatic heterocycles. The Morgan fingerprint density at radius 2 is 1.69 bits per heavy atom. The van der Waals surface area contributed by atoms with E-state index in [0.29, 0.717) is 32.5 Å². The van der Waals surface area contributed by atoms with Crippen molar-refractivity contribution in [3.05, 3.63) is 65.2 Å². The van der Waals surface area contributed by atoms with E-state index in [2.05, 4.69) is 17.0 Å². The molecule has 0 atom stereocenters. The third-order valence-electron chi connectivity index (χ3n) is 6.52. The first-order chi connectivity index (χ1) is 15.4. The topological polar surface area (TPSA) is 43.9 Å². The molecule has 2 fully saturated rings. The second kappa shape index (κ2) is 9.67. The minimum Gasteiger partial charge on any atom is -0.371 e. The predicted octanol–water partition coefficient (Wildman–Crippen LogP) is 4.08. The molecular formula is C25H29F2N3O2. The molecule has 2 aliphatic rings. The van der Waals surface area contributed by atoms with Crippen LogP contribution in [-0.2, 0) is 11.3 Å². The highest BCUT2D eigenvalue weighted by molar-refractivity contribution is 5.94. The Morgan fingerprint density at radius 1 is 1.00 bits per heavy atom. The van der Waals surface area contributed by atoms with Crippen molar-refractivity contribution in [3.63, 3.8) is 0 Å². The fraction of sp³-hybridized carbons (Fsp3) is 0.440. The average molecular weight is 442 g/mol. The molecule has 0 unspecified atom stereocenters. The first kappa shape index (κ1) is 22.2. The van der Waals surface area contributed by atoms with Crippen LogP contribution in [0.25, 0.3) is 0 Å². The molecule has 0 spiro atoms. The Balaban J connectivity index is 1.35. The average Bonchev–Trinajstić information content (AvgIpc) is 3.33. The Morgan fingerprint density at radius 3 is 2.38 bits per heavy atom. The summed E-state index contributed by atoms with van der Waals surface area (Å²) in [6.07, 6.45) is 3.46. The summed E-state index contributed by atoms with van der Waals surface area (Å²) in [5.41, 5.74) is 2.21. The minimum absolute atomic E-state index is 0.0706. The first-order valence-electron chi connectivity index (χ1n) is 11.3. The lowest BCUT2D eigenvalue weighted by Gasteiger charge is -2.33. The van der Waals surface area contributed by atoms with Gasteiger partial charge in [0.2, 0.25) is 5.91 Å². The van der Waals surface area contributed by atoms with Gasteiger partial charge in [0, 0.05) is 57.4 Å². The molecule has 0 bridgehead atoms. The molecule has 2 saturated heterocycles. The molecule has 0 aliphatic carbocycles. The summed E-state index contributed by atoms with van der Waals surface area (Å²) in [6, 6.07) is 11.2. The van der Waals surface area contributed by atoms with E-state index in [0.717, 1.165) is 30.8 Å². The highest BCUT2D eigenvalue weighted by Gasteiger charge is 2.30. The Bertz CT molecular complexity index is 983. The van der Waals surface area contributed by atoms with Gasteiger partial charge in [-0.2, -0.15) is 0 Å². The van der Waals surface area contributed by atoms with Crippen LogP contribution in [-0.4, -0.2) is 54.8 Å². The van der Waals surface area contributed by atoms with E-state index in [-0.39, 0.29) is 17.4 Å². The van der Waals surface area contributed by atoms with Crippen molar-refractivity contribution in [1.82, 2.24) is 9.80 Å². The lowest BCUT2D eigenvalue weighted by molar-refractivity contribution is -0.136. The van der Waals surface area contributed by atoms with Crippen LogP contribution >= 0.6 is 0 Å². The predicted molar refractivity (Wildman–Crippen MR) is 119 cm³/mol. The third-order valence-corrected chi connectivity index (χ3v) is 6.52. The number of likely N-dealkylation sites (tertiary alicyclic amines) is 1. The molecule has 2 heterocycles. The quantitative estimate of drug-likeness (QED) is 0.703. The van der Waals surface area contributed by atoms with Crippen molar-refractivity contribution >= 4 is 17.5 Å². The van der Waals surface area contributed by atoms with E-state index in [1.54, 1.807) is 9.80 Å². The van der Waals surface area contributed by atoms with Gasteiger partial charge in [0.1, 0.15) is 11.6 Å². The number of piperidine rings is 1. The molecule has 32 heavy (non-hydrogen) atoms. The van der Waals surface area contributed by atoms with E-state index >= 15 is 0 Å². The van der Waals surface area contributed by atoms with Gasteiger partial charge < -0.3 is 14.7 Å². The number of hydrogen-bond donors (Lipinski definition) is 0. The Labute approximate surface area is 187 Å². The molecular weight excluding hydrogens is 412 g/mol. The maximum absolute atomic E-state index is 14.0. The standard InChI is InChI=1S/C25H29F2N3O2/c1-28(17-19-6-2-3-7-23(19)29-12-4-5-13-29)24(31)18-10-14-30(15-11-18)25(32)21-9-8-20(26)16-22(21)27/h2-3,6-9,16,18H,4-5,10-15,17H2,1H3. The van der Waals surface area contributed by atoms with Crippen molar-refractivity contribution in [2.75, 3.05) is 38.1 Å². The van der Waals surface area contributed by atoms with Crippen molar-refractivity contribution < 1.29 is 18.4 Å². The van der Waals surface area contributed by atoms with Crippen molar-refractivity contribution in [1.29, 1.82) is 0 Å². The largest absolute Gasteiger partial charge is 0.371 e. The van der Waals surface area contributed by atoms with Gasteiger partial charge in [-0.25, -0.2) is 8.78 Å². The number of anilines is 1. The molecule has 2 aromatic carbocycles. The van der Waals surface area contributed by atoms with Gasteiger partial charge in [-0.1, -0.05) is 18.2 Å². The summed E-state index contributed by atoms with van der Waals surface area (Å²) in [7, 11) is 1.83. The fourth-order valence-electron chi connectivity index (χ4n) is 4.72. The second-order valence-corrected chi connectivity index (χ2v) is 8.71. The van der Waals surface area contributed by atoms with E-state index in [9.17, 15) is 18.4 Å². The van der Waals surface area contributed by atoms with Crippen LogP contribution in [0.15, 0.2) is 42.5 Å². The summed E-state index contributed by atoms with van der Waals surface area (Å²) in [5.74, 6) is -2.12. The van der Waals surface area contributed by atoms with Crippen LogP contribution in [0.2, 0.25) is 0 Å². The smallest absolute Gasteiger partial charge is 0.256 e. The number of para-hydroxylation sites is 1. The molecule has 5 nitrogen and oxygen atoms in total. The van der Waals surface area contributed by atoms with Crippen LogP contribution in [0.1, 0.15) is 41.6 Å². The van der Waals surface area contributed by atoms with Gasteiger partial charge >= 0.3 is 0 Å². The lowest BCUT2D eigenvalue weighted by atomic mass is 9.94. The van der Waals surface area contributed by atoms with Gasteiger partial charge in [0.25, 0.3) is 5.91 Å². The second-order valence-electron chi connectivity index (χ2n) is 8.71. The monoisotopic (exact) mass is 441 g/mol. The number of carbonyl (C=O) groups is 2. The van der Waals surface area contributed by atoms with Crippen molar-refractivity contribution in [3.8, 4) is 0 Å². The van der Waals surface area contributed by atoms with Gasteiger partial charge in [-0.15, -0.1) is 0 Å². The zero-order valence-electron chi connectivity index (χ0n) is 18.4. The number of amides is 2. The highest BCUT2D eigenvalue weighted by atomic mass is 19.1. The summed E-state index contributed by atoms with van der Waals surface area (Å²) in [6.45, 7) is 3.41. The Kier molecular flexibility index (Phi) is 6.72. The van der Waals surface area contributed by atoms with Gasteiger partial charge in [0.05, 0.1) is 5.56 Å². The zero-order chi connectivity index (χ0) is 22.7. The van der Waals surface area contributed by atoms with E-state index < -0.39 is 17.5 Å². The molecule has 2 amide bonds. The number of benzene rings is 2. The van der Waals surface area contributed by atoms with Gasteiger partial charge in [0.15, 0.2) is 0 Å². The third kappa shape index (κ3) is 4.76. The van der Waals surface area contributed by atoms with Gasteiger partial charge in [-0.05, 0) is 49.4 Å². The van der Waals surface area contributed by atoms with Crippen LogP contribution in [0.3, 0.4) is 0 Å². The summed E-state index contributed by atoms with van der Waals surface area (Å²) >= 11 is 0. The fourth-order valence-corrected chi connectivity index (χ4v) is 4.72. The number of hydrogen-bond acceptors (Lipinski definition) is 3. The number of carbonyl (C=O) groups excluding carboxylic acids is 2. The molecule has 170 valence electrons. The van der Waals surface area contributed by atoms with Crippen LogP contribution in [0.4, 0.5) is 14.5 Å². The molecule has 7 heteroatoms.